The third-order valence-electron chi connectivity index (χ3n) is 1.55. The maximum absolute atomic E-state index is 10.7. The first-order valence-corrected chi connectivity index (χ1v) is 3.78. The van der Waals surface area contributed by atoms with Crippen LogP contribution in [0.5, 0.6) is 0 Å². The van der Waals surface area contributed by atoms with Crippen LogP contribution >= 0.6 is 0 Å². The number of hydrogen-bond acceptors (Lipinski definition) is 2. The Morgan fingerprint density at radius 3 is 2.54 bits per heavy atom. The fourth-order valence-electron chi connectivity index (χ4n) is 0.899. The van der Waals surface area contributed by atoms with Crippen LogP contribution in [0.25, 0.3) is 0 Å². The molecule has 0 heterocycles. The number of ether oxygens (including phenoxy) is 1. The molecule has 0 radical (unpaired) electrons. The van der Waals surface area contributed by atoms with Crippen molar-refractivity contribution >= 4 is 0 Å². The molecule has 0 aromatic heterocycles. The van der Waals surface area contributed by atoms with Gasteiger partial charge in [-0.25, -0.2) is 0 Å². The molecule has 1 aromatic rings. The van der Waals surface area contributed by atoms with Crippen molar-refractivity contribution in [1.29, 1.82) is 0 Å². The summed E-state index contributed by atoms with van der Waals surface area (Å²) in [6.07, 6.45) is 2.16. The third-order valence-corrected chi connectivity index (χ3v) is 1.55. The average molecular weight is 170 g/mol. The molecule has 3 heteroatoms. The Morgan fingerprint density at radius 2 is 2.00 bits per heavy atom. The zero-order valence-electron chi connectivity index (χ0n) is 7.99. The van der Waals surface area contributed by atoms with Crippen molar-refractivity contribution in [2.45, 2.75) is 6.42 Å². The van der Waals surface area contributed by atoms with Crippen LogP contribution in [0.3, 0.4) is 0 Å². The van der Waals surface area contributed by atoms with E-state index in [9.17, 15) is 5.11 Å². The fraction of sp³-hybridized carbons (Fsp3) is 0.200. The van der Waals surface area contributed by atoms with E-state index in [2.05, 4.69) is 4.74 Å². The molecular weight excluding hydrogens is 159 g/mol. The molecule has 0 atom stereocenters. The summed E-state index contributed by atoms with van der Waals surface area (Å²) in [6.45, 7) is 0. The van der Waals surface area contributed by atoms with E-state index >= 15 is 0 Å². The minimum Gasteiger partial charge on any atom is -0.617 e. The van der Waals surface area contributed by atoms with Crippen LogP contribution in [-0.2, 0) is 11.2 Å². The molecule has 13 heavy (non-hydrogen) atoms. The van der Waals surface area contributed by atoms with E-state index in [1.165, 1.54) is 13.2 Å². The van der Waals surface area contributed by atoms with E-state index in [1.807, 2.05) is 30.3 Å². The molecule has 0 spiro atoms. The first-order chi connectivity index (χ1) is 5.83. The minimum atomic E-state index is -0.279. The fourth-order valence-corrected chi connectivity index (χ4v) is 0.899. The molecule has 0 aliphatic heterocycles. The van der Waals surface area contributed by atoms with Crippen LogP contribution in [0.4, 0.5) is 0 Å². The van der Waals surface area contributed by atoms with Gasteiger partial charge in [0.1, 0.15) is 0 Å². The number of benzene rings is 1. The van der Waals surface area contributed by atoms with Crippen LogP contribution in [0.2, 0.25) is 0 Å². The maximum atomic E-state index is 10.7. The molecule has 0 aliphatic carbocycles. The predicted octanol–water partition coefficient (Wildman–Crippen LogP) is -1.92. The summed E-state index contributed by atoms with van der Waals surface area (Å²) in [6, 6.07) is 9.78. The Balaban J connectivity index is 0.00000144. The van der Waals surface area contributed by atoms with Gasteiger partial charge in [-0.3, -0.25) is 0 Å². The summed E-state index contributed by atoms with van der Waals surface area (Å²) in [7, 11) is 1.38. The van der Waals surface area contributed by atoms with Crippen molar-refractivity contribution in [3.8, 4) is 0 Å². The van der Waals surface area contributed by atoms with Crippen LogP contribution in [0, 0.1) is 0 Å². The van der Waals surface area contributed by atoms with Gasteiger partial charge in [0.25, 0.3) is 0 Å². The molecular formula is C10H11LiO2. The van der Waals surface area contributed by atoms with Crippen LogP contribution < -0.4 is 24.0 Å². The zero-order valence-corrected chi connectivity index (χ0v) is 7.99. The van der Waals surface area contributed by atoms with Crippen molar-refractivity contribution in [3.05, 3.63) is 47.9 Å². The third kappa shape index (κ3) is 4.67. The van der Waals surface area contributed by atoms with Gasteiger partial charge in [-0.05, 0) is 19.1 Å². The molecule has 0 saturated heterocycles. The van der Waals surface area contributed by atoms with Crippen LogP contribution in [0.15, 0.2) is 42.4 Å². The van der Waals surface area contributed by atoms with E-state index < -0.39 is 0 Å². The minimum absolute atomic E-state index is 0. The van der Waals surface area contributed by atoms with Gasteiger partial charge in [-0.1, -0.05) is 36.4 Å². The predicted molar refractivity (Wildman–Crippen MR) is 45.2 cm³/mol. The largest absolute Gasteiger partial charge is 1.00 e. The van der Waals surface area contributed by atoms with E-state index in [0.29, 0.717) is 6.42 Å². The molecule has 1 rings (SSSR count). The molecule has 1 aromatic carbocycles. The van der Waals surface area contributed by atoms with Crippen molar-refractivity contribution in [1.82, 2.24) is 0 Å². The van der Waals surface area contributed by atoms with E-state index in [4.69, 9.17) is 0 Å². The zero-order chi connectivity index (χ0) is 8.81. The number of methoxy groups -OCH3 is 1. The molecule has 64 valence electrons. The second-order valence-electron chi connectivity index (χ2n) is 2.42. The summed E-state index contributed by atoms with van der Waals surface area (Å²) in [5, 5.41) is 10.7. The number of rotatable bonds is 3. The Morgan fingerprint density at radius 1 is 1.38 bits per heavy atom. The number of hydrogen-bond donors (Lipinski definition) is 0. The maximum Gasteiger partial charge on any atom is 1.00 e. The second kappa shape index (κ2) is 6.65. The van der Waals surface area contributed by atoms with Crippen molar-refractivity contribution in [2.24, 2.45) is 0 Å². The van der Waals surface area contributed by atoms with Crippen molar-refractivity contribution < 1.29 is 28.7 Å². The van der Waals surface area contributed by atoms with Crippen LogP contribution in [-0.4, -0.2) is 7.11 Å². The molecule has 0 amide bonds. The standard InChI is InChI=1S/C10H12O2.Li/c1-12-10(11)8-7-9-5-3-2-4-6-9;/h2-6,8,11H,7H2,1H3;/q;+1/p-1/b10-8+;. The molecule has 0 bridgehead atoms. The molecule has 0 aliphatic rings. The van der Waals surface area contributed by atoms with Gasteiger partial charge in [0.15, 0.2) is 0 Å². The summed E-state index contributed by atoms with van der Waals surface area (Å²) in [5.41, 5.74) is 1.11. The van der Waals surface area contributed by atoms with Gasteiger partial charge in [0.05, 0.1) is 0 Å². The quantitative estimate of drug-likeness (QED) is 0.391. The van der Waals surface area contributed by atoms with Crippen LogP contribution in [0.1, 0.15) is 5.56 Å². The van der Waals surface area contributed by atoms with E-state index in [-0.39, 0.29) is 24.8 Å². The molecule has 0 N–H and O–H groups in total. The Kier molecular flexibility index (Phi) is 6.22. The monoisotopic (exact) mass is 170 g/mol. The number of allylic oxidation sites excluding steroid dienone is 1. The van der Waals surface area contributed by atoms with Gasteiger partial charge in [0.2, 0.25) is 0 Å². The first kappa shape index (κ1) is 12.2. The molecule has 0 saturated carbocycles. The van der Waals surface area contributed by atoms with Gasteiger partial charge in [0, 0.05) is 5.95 Å². The SMILES string of the molecule is CO/C([O-])=C/Cc1ccccc1.[Li+]. The Hall–Kier alpha value is -0.843. The average Bonchev–Trinajstić information content (AvgIpc) is 2.16. The molecule has 2 nitrogen and oxygen atoms in total. The second-order valence-corrected chi connectivity index (χ2v) is 2.42. The van der Waals surface area contributed by atoms with Gasteiger partial charge in [-0.2, -0.15) is 0 Å². The molecule has 0 unspecified atom stereocenters. The Labute approximate surface area is 90.4 Å². The smallest absolute Gasteiger partial charge is 0.617 e. The van der Waals surface area contributed by atoms with Gasteiger partial charge < -0.3 is 9.84 Å². The normalized spacial score (nSPS) is 10.4. The molecule has 0 fully saturated rings. The van der Waals surface area contributed by atoms with Crippen molar-refractivity contribution in [3.63, 3.8) is 0 Å². The van der Waals surface area contributed by atoms with Gasteiger partial charge in [-0.15, -0.1) is 0 Å². The Bertz CT molecular complexity index is 257. The van der Waals surface area contributed by atoms with Gasteiger partial charge >= 0.3 is 18.9 Å². The van der Waals surface area contributed by atoms with E-state index in [1.54, 1.807) is 0 Å². The summed E-state index contributed by atoms with van der Waals surface area (Å²) in [4.78, 5) is 0. The van der Waals surface area contributed by atoms with Crippen molar-refractivity contribution in [2.75, 3.05) is 7.11 Å². The van der Waals surface area contributed by atoms with E-state index in [0.717, 1.165) is 5.56 Å². The summed E-state index contributed by atoms with van der Waals surface area (Å²) < 4.78 is 4.48. The first-order valence-electron chi connectivity index (χ1n) is 3.78. The summed E-state index contributed by atoms with van der Waals surface area (Å²) in [5.74, 6) is -0.279. The topological polar surface area (TPSA) is 32.3 Å². The summed E-state index contributed by atoms with van der Waals surface area (Å²) >= 11 is 0.